The zero-order valence-corrected chi connectivity index (χ0v) is 14.1. The predicted molar refractivity (Wildman–Crippen MR) is 91.8 cm³/mol. The molecule has 1 aliphatic heterocycles. The van der Waals surface area contributed by atoms with Crippen LogP contribution in [0.2, 0.25) is 0 Å². The first kappa shape index (κ1) is 18.8. The summed E-state index contributed by atoms with van der Waals surface area (Å²) in [5.74, 6) is 1.76. The molecule has 2 N–H and O–H groups in total. The fraction of sp³-hybridized carbons (Fsp3) is 0.588. The van der Waals surface area contributed by atoms with E-state index in [2.05, 4.69) is 16.7 Å². The molecular formula is C17H27ClN2O2. The maximum absolute atomic E-state index is 11.8. The number of para-hydroxylation sites is 1. The summed E-state index contributed by atoms with van der Waals surface area (Å²) in [5.41, 5.74) is 1.15. The second-order valence-electron chi connectivity index (χ2n) is 5.54. The van der Waals surface area contributed by atoms with Crippen molar-refractivity contribution in [3.8, 4) is 5.75 Å². The van der Waals surface area contributed by atoms with E-state index in [9.17, 15) is 4.79 Å². The maximum Gasteiger partial charge on any atom is 0.220 e. The summed E-state index contributed by atoms with van der Waals surface area (Å²) in [6, 6.07) is 8.02. The molecule has 1 heterocycles. The molecule has 22 heavy (non-hydrogen) atoms. The number of halogens is 1. The number of amides is 1. The minimum atomic E-state index is 0. The number of carbonyl (C=O) groups is 1. The second-order valence-corrected chi connectivity index (χ2v) is 5.54. The van der Waals surface area contributed by atoms with Gasteiger partial charge < -0.3 is 15.4 Å². The summed E-state index contributed by atoms with van der Waals surface area (Å²) in [5, 5.41) is 6.34. The van der Waals surface area contributed by atoms with Crippen LogP contribution in [0.1, 0.15) is 31.7 Å². The first-order chi connectivity index (χ1) is 10.3. The van der Waals surface area contributed by atoms with Gasteiger partial charge in [0.25, 0.3) is 0 Å². The van der Waals surface area contributed by atoms with E-state index in [1.54, 1.807) is 0 Å². The molecule has 0 bridgehead atoms. The van der Waals surface area contributed by atoms with E-state index in [0.717, 1.165) is 37.2 Å². The Balaban J connectivity index is 0.00000242. The van der Waals surface area contributed by atoms with E-state index < -0.39 is 0 Å². The Morgan fingerprint density at radius 2 is 2.23 bits per heavy atom. The number of hydrogen-bond acceptors (Lipinski definition) is 3. The van der Waals surface area contributed by atoms with Crippen LogP contribution in [0, 0.1) is 5.92 Å². The third-order valence-corrected chi connectivity index (χ3v) is 3.93. The summed E-state index contributed by atoms with van der Waals surface area (Å²) in [4.78, 5) is 11.8. The van der Waals surface area contributed by atoms with E-state index in [1.807, 2.05) is 25.1 Å². The number of carbonyl (C=O) groups excluding carboxylic acids is 1. The van der Waals surface area contributed by atoms with Gasteiger partial charge in [0.15, 0.2) is 0 Å². The maximum atomic E-state index is 11.8. The molecular weight excluding hydrogens is 300 g/mol. The number of ether oxygens (including phenoxy) is 1. The van der Waals surface area contributed by atoms with Gasteiger partial charge in [0.05, 0.1) is 6.61 Å². The largest absolute Gasteiger partial charge is 0.494 e. The number of hydrogen-bond donors (Lipinski definition) is 2. The summed E-state index contributed by atoms with van der Waals surface area (Å²) >= 11 is 0. The Morgan fingerprint density at radius 1 is 1.41 bits per heavy atom. The zero-order valence-electron chi connectivity index (χ0n) is 13.3. The monoisotopic (exact) mass is 326 g/mol. The molecule has 0 aliphatic carbocycles. The van der Waals surface area contributed by atoms with Crippen LogP contribution >= 0.6 is 12.4 Å². The van der Waals surface area contributed by atoms with Crippen LogP contribution in [0.15, 0.2) is 24.3 Å². The van der Waals surface area contributed by atoms with Crippen LogP contribution in [0.25, 0.3) is 0 Å². The van der Waals surface area contributed by atoms with Gasteiger partial charge >= 0.3 is 0 Å². The topological polar surface area (TPSA) is 50.4 Å². The lowest BCUT2D eigenvalue weighted by Crippen LogP contribution is -2.26. The first-order valence-corrected chi connectivity index (χ1v) is 7.97. The van der Waals surface area contributed by atoms with Crippen molar-refractivity contribution >= 4 is 18.3 Å². The fourth-order valence-corrected chi connectivity index (χ4v) is 2.73. The van der Waals surface area contributed by atoms with E-state index in [4.69, 9.17) is 4.74 Å². The molecule has 5 heteroatoms. The van der Waals surface area contributed by atoms with Crippen molar-refractivity contribution in [2.45, 2.75) is 32.6 Å². The number of benzene rings is 1. The van der Waals surface area contributed by atoms with Crippen LogP contribution in [0.5, 0.6) is 5.75 Å². The van der Waals surface area contributed by atoms with E-state index >= 15 is 0 Å². The molecule has 0 spiro atoms. The summed E-state index contributed by atoms with van der Waals surface area (Å²) in [6.07, 6.45) is 3.65. The molecule has 4 nitrogen and oxygen atoms in total. The normalized spacial score (nSPS) is 16.9. The van der Waals surface area contributed by atoms with Crippen molar-refractivity contribution in [2.24, 2.45) is 5.92 Å². The van der Waals surface area contributed by atoms with E-state index in [1.165, 1.54) is 6.42 Å². The molecule has 1 unspecified atom stereocenters. The van der Waals surface area contributed by atoms with Crippen LogP contribution in [-0.2, 0) is 11.2 Å². The molecule has 124 valence electrons. The van der Waals surface area contributed by atoms with Crippen molar-refractivity contribution in [3.63, 3.8) is 0 Å². The highest BCUT2D eigenvalue weighted by molar-refractivity contribution is 5.85. The van der Waals surface area contributed by atoms with Gasteiger partial charge in [-0.2, -0.15) is 0 Å². The van der Waals surface area contributed by atoms with Crippen LogP contribution in [0.3, 0.4) is 0 Å². The molecule has 2 rings (SSSR count). The minimum Gasteiger partial charge on any atom is -0.494 e. The molecule has 0 saturated carbocycles. The molecule has 1 aromatic carbocycles. The van der Waals surface area contributed by atoms with Gasteiger partial charge in [-0.3, -0.25) is 4.79 Å². The van der Waals surface area contributed by atoms with Gasteiger partial charge in [-0.05, 0) is 56.8 Å². The molecule has 1 aromatic rings. The van der Waals surface area contributed by atoms with Crippen LogP contribution < -0.4 is 15.4 Å². The van der Waals surface area contributed by atoms with E-state index in [-0.39, 0.29) is 18.3 Å². The van der Waals surface area contributed by atoms with Crippen LogP contribution in [0.4, 0.5) is 0 Å². The predicted octanol–water partition coefficient (Wildman–Crippen LogP) is 2.56. The van der Waals surface area contributed by atoms with Crippen molar-refractivity contribution in [1.29, 1.82) is 0 Å². The van der Waals surface area contributed by atoms with Gasteiger partial charge in [0.2, 0.25) is 5.91 Å². The molecule has 1 fully saturated rings. The Hall–Kier alpha value is -1.26. The van der Waals surface area contributed by atoms with Crippen molar-refractivity contribution in [2.75, 3.05) is 26.2 Å². The van der Waals surface area contributed by atoms with Crippen molar-refractivity contribution in [1.82, 2.24) is 10.6 Å². The minimum absolute atomic E-state index is 0. The average molecular weight is 327 g/mol. The zero-order chi connectivity index (χ0) is 14.9. The molecule has 0 aromatic heterocycles. The Labute approximate surface area is 139 Å². The van der Waals surface area contributed by atoms with Gasteiger partial charge in [0, 0.05) is 13.0 Å². The average Bonchev–Trinajstić information content (AvgIpc) is 3.00. The lowest BCUT2D eigenvalue weighted by atomic mass is 10.0. The van der Waals surface area contributed by atoms with Gasteiger partial charge in [-0.1, -0.05) is 18.2 Å². The smallest absolute Gasteiger partial charge is 0.220 e. The highest BCUT2D eigenvalue weighted by atomic mass is 35.5. The lowest BCUT2D eigenvalue weighted by molar-refractivity contribution is -0.121. The lowest BCUT2D eigenvalue weighted by Gasteiger charge is -2.11. The molecule has 1 atom stereocenters. The quantitative estimate of drug-likeness (QED) is 0.772. The van der Waals surface area contributed by atoms with Crippen molar-refractivity contribution < 1.29 is 9.53 Å². The SMILES string of the molecule is CCOc1ccccc1CCNC(=O)CCC1CCNC1.Cl. The Morgan fingerprint density at radius 3 is 2.95 bits per heavy atom. The summed E-state index contributed by atoms with van der Waals surface area (Å²) in [6.45, 7) is 5.48. The fourth-order valence-electron chi connectivity index (χ4n) is 2.73. The third-order valence-electron chi connectivity index (χ3n) is 3.93. The molecule has 0 radical (unpaired) electrons. The van der Waals surface area contributed by atoms with Gasteiger partial charge in [-0.15, -0.1) is 12.4 Å². The van der Waals surface area contributed by atoms with Crippen molar-refractivity contribution in [3.05, 3.63) is 29.8 Å². The summed E-state index contributed by atoms with van der Waals surface area (Å²) in [7, 11) is 0. The van der Waals surface area contributed by atoms with E-state index in [0.29, 0.717) is 25.5 Å². The molecule has 1 amide bonds. The highest BCUT2D eigenvalue weighted by Crippen LogP contribution is 2.18. The third kappa shape index (κ3) is 6.24. The molecule has 1 saturated heterocycles. The number of rotatable bonds is 8. The second kappa shape index (κ2) is 10.5. The van der Waals surface area contributed by atoms with Gasteiger partial charge in [-0.25, -0.2) is 0 Å². The molecule has 1 aliphatic rings. The van der Waals surface area contributed by atoms with Gasteiger partial charge in [0.1, 0.15) is 5.75 Å². The summed E-state index contributed by atoms with van der Waals surface area (Å²) < 4.78 is 5.59. The van der Waals surface area contributed by atoms with Crippen LogP contribution in [-0.4, -0.2) is 32.1 Å². The Bertz CT molecular complexity index is 448. The standard InChI is InChI=1S/C17H26N2O2.ClH/c1-2-21-16-6-4-3-5-15(16)10-12-19-17(20)8-7-14-9-11-18-13-14;/h3-6,14,18H,2,7-13H2,1H3,(H,19,20);1H. The highest BCUT2D eigenvalue weighted by Gasteiger charge is 2.15. The number of nitrogens with one attached hydrogen (secondary N) is 2. The Kier molecular flexibility index (Phi) is 8.94. The first-order valence-electron chi connectivity index (χ1n) is 7.97.